The first-order valence-corrected chi connectivity index (χ1v) is 11.3. The maximum absolute atomic E-state index is 13.0. The molecule has 0 bridgehead atoms. The maximum atomic E-state index is 13.0. The molecule has 2 heterocycles. The zero-order valence-electron chi connectivity index (χ0n) is 18.8. The number of hydrogen-bond acceptors (Lipinski definition) is 5. The molecule has 2 saturated heterocycles. The Morgan fingerprint density at radius 2 is 1.80 bits per heavy atom. The largest absolute Gasteiger partial charge is 0.436 e. The Balaban J connectivity index is 1.49. The van der Waals surface area contributed by atoms with Crippen LogP contribution in [0.2, 0.25) is 0 Å². The van der Waals surface area contributed by atoms with Crippen molar-refractivity contribution in [1.82, 2.24) is 15.1 Å². The van der Waals surface area contributed by atoms with Gasteiger partial charge in [-0.1, -0.05) is 5.92 Å². The van der Waals surface area contributed by atoms with Gasteiger partial charge in [0.25, 0.3) is 5.91 Å². The van der Waals surface area contributed by atoms with Crippen molar-refractivity contribution >= 4 is 12.0 Å². The molecular weight excluding hydrogens is 382 g/mol. The van der Waals surface area contributed by atoms with Gasteiger partial charge in [-0.25, -0.2) is 4.79 Å². The van der Waals surface area contributed by atoms with Crippen LogP contribution in [0.1, 0.15) is 65.2 Å². The van der Waals surface area contributed by atoms with Crippen LogP contribution in [0.3, 0.4) is 0 Å². The molecule has 1 atom stereocenters. The first-order chi connectivity index (χ1) is 14.4. The maximum Gasteiger partial charge on any atom is 0.410 e. The second kappa shape index (κ2) is 10.0. The molecule has 1 saturated carbocycles. The van der Waals surface area contributed by atoms with Crippen LogP contribution in [-0.2, 0) is 14.3 Å². The molecule has 2 aliphatic heterocycles. The fourth-order valence-electron chi connectivity index (χ4n) is 4.88. The Labute approximate surface area is 180 Å². The summed E-state index contributed by atoms with van der Waals surface area (Å²) in [5.74, 6) is 5.55. The predicted molar refractivity (Wildman–Crippen MR) is 115 cm³/mol. The van der Waals surface area contributed by atoms with E-state index in [2.05, 4.69) is 29.0 Å². The fourth-order valence-corrected chi connectivity index (χ4v) is 4.88. The third-order valence-corrected chi connectivity index (χ3v) is 7.20. The lowest BCUT2D eigenvalue weighted by Gasteiger charge is -2.46. The van der Waals surface area contributed by atoms with Gasteiger partial charge in [-0.05, 0) is 65.2 Å². The second-order valence-corrected chi connectivity index (χ2v) is 9.16. The first-order valence-electron chi connectivity index (χ1n) is 11.3. The van der Waals surface area contributed by atoms with E-state index >= 15 is 0 Å². The Bertz CT molecular complexity index is 672. The summed E-state index contributed by atoms with van der Waals surface area (Å²) in [7, 11) is 1.66. The van der Waals surface area contributed by atoms with Crippen LogP contribution >= 0.6 is 0 Å². The lowest BCUT2D eigenvalue weighted by molar-refractivity contribution is -0.153. The van der Waals surface area contributed by atoms with Gasteiger partial charge in [0.05, 0.1) is 0 Å². The Hall–Kier alpha value is -1.78. The molecule has 3 fully saturated rings. The van der Waals surface area contributed by atoms with Gasteiger partial charge in [0.1, 0.15) is 5.60 Å². The standard InChI is InChI=1S/C23H37N3O4/c1-4-5-18-30-21(28)26-14-6-8-19(9-15-26)25-16-12-23(29-3,13-17-25)20(27)24-22(2)10-7-11-22/h19H,6-18H2,1-3H3,(H,24,27). The SMILES string of the molecule is CC#CCOC(=O)N1CCCC(N2CCC(OC)(C(=O)NC3(C)CCC3)CC2)CC1. The van der Waals surface area contributed by atoms with Crippen LogP contribution in [0.4, 0.5) is 4.79 Å². The zero-order chi connectivity index (χ0) is 21.6. The van der Waals surface area contributed by atoms with Crippen molar-refractivity contribution in [3.63, 3.8) is 0 Å². The number of ether oxygens (including phenoxy) is 2. The summed E-state index contributed by atoms with van der Waals surface area (Å²) in [5, 5.41) is 3.25. The summed E-state index contributed by atoms with van der Waals surface area (Å²) in [6.45, 7) is 7.14. The number of hydrogen-bond donors (Lipinski definition) is 1. The van der Waals surface area contributed by atoms with Crippen molar-refractivity contribution in [2.75, 3.05) is 39.9 Å². The third-order valence-electron chi connectivity index (χ3n) is 7.20. The Morgan fingerprint density at radius 1 is 1.07 bits per heavy atom. The summed E-state index contributed by atoms with van der Waals surface area (Å²) in [6.07, 6.45) is 7.39. The molecule has 30 heavy (non-hydrogen) atoms. The second-order valence-electron chi connectivity index (χ2n) is 9.16. The Kier molecular flexibility index (Phi) is 7.65. The lowest BCUT2D eigenvalue weighted by Crippen LogP contribution is -2.62. The minimum atomic E-state index is -0.712. The molecule has 0 aromatic heterocycles. The van der Waals surface area contributed by atoms with E-state index in [1.165, 1.54) is 6.42 Å². The van der Waals surface area contributed by atoms with Crippen molar-refractivity contribution in [3.8, 4) is 11.8 Å². The van der Waals surface area contributed by atoms with Crippen LogP contribution in [-0.4, -0.2) is 78.9 Å². The van der Waals surface area contributed by atoms with Crippen molar-refractivity contribution < 1.29 is 19.1 Å². The smallest absolute Gasteiger partial charge is 0.410 e. The van der Waals surface area contributed by atoms with Crippen molar-refractivity contribution in [3.05, 3.63) is 0 Å². The van der Waals surface area contributed by atoms with Crippen molar-refractivity contribution in [2.45, 2.75) is 82.4 Å². The molecule has 3 aliphatic rings. The molecule has 1 aliphatic carbocycles. The third kappa shape index (κ3) is 5.28. The van der Waals surface area contributed by atoms with Crippen LogP contribution in [0.5, 0.6) is 0 Å². The minimum Gasteiger partial charge on any atom is -0.436 e. The molecule has 7 nitrogen and oxygen atoms in total. The first kappa shape index (κ1) is 22.9. The number of rotatable bonds is 5. The van der Waals surface area contributed by atoms with Gasteiger partial charge in [-0.2, -0.15) is 0 Å². The molecule has 0 aromatic carbocycles. The average molecular weight is 420 g/mol. The number of methoxy groups -OCH3 is 1. The van der Waals surface area contributed by atoms with Crippen LogP contribution in [0, 0.1) is 11.8 Å². The van der Waals surface area contributed by atoms with Crippen molar-refractivity contribution in [2.24, 2.45) is 0 Å². The van der Waals surface area contributed by atoms with Crippen molar-refractivity contribution in [1.29, 1.82) is 0 Å². The van der Waals surface area contributed by atoms with Gasteiger partial charge in [0.2, 0.25) is 0 Å². The van der Waals surface area contributed by atoms with Crippen LogP contribution in [0.15, 0.2) is 0 Å². The summed E-state index contributed by atoms with van der Waals surface area (Å²) in [4.78, 5) is 29.5. The molecule has 168 valence electrons. The highest BCUT2D eigenvalue weighted by atomic mass is 16.6. The quantitative estimate of drug-likeness (QED) is 0.694. The fraction of sp³-hybridized carbons (Fsp3) is 0.826. The zero-order valence-corrected chi connectivity index (χ0v) is 18.8. The number of amides is 2. The molecule has 0 radical (unpaired) electrons. The highest BCUT2D eigenvalue weighted by molar-refractivity contribution is 5.86. The molecule has 3 rings (SSSR count). The van der Waals surface area contributed by atoms with Gasteiger partial charge < -0.3 is 24.6 Å². The summed E-state index contributed by atoms with van der Waals surface area (Å²) in [6, 6.07) is 0.431. The summed E-state index contributed by atoms with van der Waals surface area (Å²) in [5.41, 5.74) is -0.766. The molecule has 1 unspecified atom stereocenters. The van der Waals surface area contributed by atoms with Gasteiger partial charge in [0.15, 0.2) is 6.61 Å². The van der Waals surface area contributed by atoms with Gasteiger partial charge in [-0.3, -0.25) is 4.79 Å². The van der Waals surface area contributed by atoms with E-state index in [4.69, 9.17) is 9.47 Å². The Morgan fingerprint density at radius 3 is 2.40 bits per heavy atom. The van der Waals surface area contributed by atoms with E-state index in [1.54, 1.807) is 18.9 Å². The van der Waals surface area contributed by atoms with Gasteiger partial charge in [-0.15, -0.1) is 5.92 Å². The van der Waals surface area contributed by atoms with Crippen LogP contribution < -0.4 is 5.32 Å². The molecule has 0 spiro atoms. The number of likely N-dealkylation sites (tertiary alicyclic amines) is 2. The predicted octanol–water partition coefficient (Wildman–Crippen LogP) is 2.54. The highest BCUT2D eigenvalue weighted by Crippen LogP contribution is 2.34. The number of carbonyl (C=O) groups excluding carboxylic acids is 2. The van der Waals surface area contributed by atoms with Crippen LogP contribution in [0.25, 0.3) is 0 Å². The molecule has 7 heteroatoms. The lowest BCUT2D eigenvalue weighted by atomic mass is 9.77. The highest BCUT2D eigenvalue weighted by Gasteiger charge is 2.46. The van der Waals surface area contributed by atoms with E-state index in [9.17, 15) is 9.59 Å². The van der Waals surface area contributed by atoms with E-state index in [0.717, 1.165) is 51.7 Å². The molecular formula is C23H37N3O4. The molecule has 1 N–H and O–H groups in total. The average Bonchev–Trinajstić information content (AvgIpc) is 2.99. The monoisotopic (exact) mass is 419 g/mol. The van der Waals surface area contributed by atoms with Gasteiger partial charge in [0, 0.05) is 44.9 Å². The summed E-state index contributed by atoms with van der Waals surface area (Å²) < 4.78 is 11.0. The number of carbonyl (C=O) groups is 2. The topological polar surface area (TPSA) is 71.1 Å². The minimum absolute atomic E-state index is 0.0526. The number of nitrogens with zero attached hydrogens (tertiary/aromatic N) is 2. The number of nitrogens with one attached hydrogen (secondary N) is 1. The van der Waals surface area contributed by atoms with Gasteiger partial charge >= 0.3 is 6.09 Å². The molecule has 2 amide bonds. The summed E-state index contributed by atoms with van der Waals surface area (Å²) >= 11 is 0. The number of piperidine rings is 1. The normalized spacial score (nSPS) is 25.8. The van der Waals surface area contributed by atoms with E-state index in [-0.39, 0.29) is 24.1 Å². The van der Waals surface area contributed by atoms with E-state index < -0.39 is 5.60 Å². The molecule has 0 aromatic rings. The van der Waals surface area contributed by atoms with E-state index in [0.29, 0.717) is 25.4 Å². The van der Waals surface area contributed by atoms with E-state index in [1.807, 2.05) is 0 Å².